The highest BCUT2D eigenvalue weighted by Gasteiger charge is 2.07. The fourth-order valence-corrected chi connectivity index (χ4v) is 1.69. The molecule has 0 aromatic heterocycles. The summed E-state index contributed by atoms with van der Waals surface area (Å²) in [6.07, 6.45) is -0.627. The third kappa shape index (κ3) is 3.63. The predicted molar refractivity (Wildman–Crippen MR) is 64.1 cm³/mol. The number of hydrogen-bond donors (Lipinski definition) is 2. The van der Waals surface area contributed by atoms with Gasteiger partial charge in [0.05, 0.1) is 16.5 Å². The number of hydrogen-bond acceptors (Lipinski definition) is 2. The maximum absolute atomic E-state index is 13.2. The number of aryl methyl sites for hydroxylation is 1. The van der Waals surface area contributed by atoms with E-state index in [-0.39, 0.29) is 11.7 Å². The van der Waals surface area contributed by atoms with E-state index in [0.29, 0.717) is 16.7 Å². The molecule has 0 saturated heterocycles. The third-order valence-electron chi connectivity index (χ3n) is 1.97. The lowest BCUT2D eigenvalue weighted by Crippen LogP contribution is -2.21. The van der Waals surface area contributed by atoms with E-state index in [4.69, 9.17) is 11.6 Å². The van der Waals surface area contributed by atoms with Crippen molar-refractivity contribution in [2.24, 2.45) is 0 Å². The van der Waals surface area contributed by atoms with Gasteiger partial charge in [-0.05, 0) is 40.5 Å². The molecule has 0 spiro atoms. The summed E-state index contributed by atoms with van der Waals surface area (Å²) in [4.78, 5) is 0. The number of rotatable bonds is 4. The van der Waals surface area contributed by atoms with E-state index in [1.165, 1.54) is 6.07 Å². The van der Waals surface area contributed by atoms with E-state index in [1.54, 1.807) is 6.07 Å². The Labute approximate surface area is 102 Å². The van der Waals surface area contributed by atoms with Crippen molar-refractivity contribution in [2.75, 3.05) is 17.7 Å². The first kappa shape index (κ1) is 12.7. The van der Waals surface area contributed by atoms with Crippen LogP contribution >= 0.6 is 27.5 Å². The summed E-state index contributed by atoms with van der Waals surface area (Å²) in [5.41, 5.74) is 1.57. The zero-order valence-electron chi connectivity index (χ0n) is 8.23. The van der Waals surface area contributed by atoms with Crippen LogP contribution in [0, 0.1) is 12.7 Å². The van der Waals surface area contributed by atoms with Gasteiger partial charge >= 0.3 is 0 Å². The summed E-state index contributed by atoms with van der Waals surface area (Å²) in [5.74, 6) is -0.172. The zero-order chi connectivity index (χ0) is 11.4. The fraction of sp³-hybridized carbons (Fsp3) is 0.400. The Morgan fingerprint density at radius 1 is 1.60 bits per heavy atom. The van der Waals surface area contributed by atoms with Gasteiger partial charge in [-0.25, -0.2) is 4.39 Å². The van der Waals surface area contributed by atoms with Crippen LogP contribution in [0.4, 0.5) is 10.1 Å². The smallest absolute Gasteiger partial charge is 0.139 e. The Hall–Kier alpha value is -0.320. The fourth-order valence-electron chi connectivity index (χ4n) is 1.12. The Morgan fingerprint density at radius 2 is 2.27 bits per heavy atom. The molecule has 0 bridgehead atoms. The summed E-state index contributed by atoms with van der Waals surface area (Å²) in [7, 11) is 0. The minimum absolute atomic E-state index is 0.158. The first-order valence-electron chi connectivity index (χ1n) is 4.48. The molecule has 0 aliphatic carbocycles. The number of halogens is 3. The van der Waals surface area contributed by atoms with E-state index in [1.807, 2.05) is 6.92 Å². The van der Waals surface area contributed by atoms with Gasteiger partial charge in [0.1, 0.15) is 5.82 Å². The van der Waals surface area contributed by atoms with Crippen LogP contribution in [0.15, 0.2) is 16.6 Å². The lowest BCUT2D eigenvalue weighted by molar-refractivity contribution is 0.211. The summed E-state index contributed by atoms with van der Waals surface area (Å²) in [5, 5.41) is 12.2. The summed E-state index contributed by atoms with van der Waals surface area (Å²) < 4.78 is 13.6. The van der Waals surface area contributed by atoms with Crippen molar-refractivity contribution in [3.05, 3.63) is 28.0 Å². The van der Waals surface area contributed by atoms with Gasteiger partial charge in [0, 0.05) is 12.2 Å². The largest absolute Gasteiger partial charge is 0.390 e. The molecule has 0 amide bonds. The quantitative estimate of drug-likeness (QED) is 0.837. The second kappa shape index (κ2) is 5.68. The van der Waals surface area contributed by atoms with E-state index in [2.05, 4.69) is 21.2 Å². The van der Waals surface area contributed by atoms with Crippen LogP contribution in [0.5, 0.6) is 0 Å². The molecule has 2 nitrogen and oxygen atoms in total. The van der Waals surface area contributed by atoms with Crippen molar-refractivity contribution < 1.29 is 9.50 Å². The first-order chi connectivity index (χ1) is 7.04. The molecular weight excluding hydrogens is 284 g/mol. The molecule has 1 aromatic rings. The molecule has 15 heavy (non-hydrogen) atoms. The molecule has 1 atom stereocenters. The molecule has 0 radical (unpaired) electrons. The minimum Gasteiger partial charge on any atom is -0.390 e. The summed E-state index contributed by atoms with van der Waals surface area (Å²) in [6, 6.07) is 3.07. The third-order valence-corrected chi connectivity index (χ3v) is 2.94. The van der Waals surface area contributed by atoms with Crippen LogP contribution in [-0.4, -0.2) is 23.6 Å². The Balaban J connectivity index is 2.73. The number of alkyl halides is 1. The lowest BCUT2D eigenvalue weighted by atomic mass is 10.2. The van der Waals surface area contributed by atoms with Gasteiger partial charge in [-0.15, -0.1) is 11.6 Å². The molecule has 0 aliphatic rings. The normalized spacial score (nSPS) is 12.6. The molecule has 0 saturated carbocycles. The molecule has 1 unspecified atom stereocenters. The Kier molecular flexibility index (Phi) is 4.83. The standard InChI is InChI=1S/C10H12BrClFNO/c1-6-2-8(11)9(13)3-10(6)14-5-7(15)4-12/h2-3,7,14-15H,4-5H2,1H3. The van der Waals surface area contributed by atoms with E-state index in [0.717, 1.165) is 5.56 Å². The topological polar surface area (TPSA) is 32.3 Å². The van der Waals surface area contributed by atoms with Crippen LogP contribution in [0.1, 0.15) is 5.56 Å². The van der Waals surface area contributed by atoms with Gasteiger partial charge < -0.3 is 10.4 Å². The second-order valence-electron chi connectivity index (χ2n) is 3.27. The predicted octanol–water partition coefficient (Wildman–Crippen LogP) is 2.91. The zero-order valence-corrected chi connectivity index (χ0v) is 10.6. The molecule has 1 aromatic carbocycles. The van der Waals surface area contributed by atoms with Crippen molar-refractivity contribution in [3.8, 4) is 0 Å². The molecule has 0 aliphatic heterocycles. The van der Waals surface area contributed by atoms with Crippen LogP contribution in [-0.2, 0) is 0 Å². The van der Waals surface area contributed by atoms with Gasteiger partial charge in [-0.1, -0.05) is 0 Å². The molecule has 0 fully saturated rings. The maximum Gasteiger partial charge on any atom is 0.139 e. The van der Waals surface area contributed by atoms with Gasteiger partial charge in [0.25, 0.3) is 0 Å². The first-order valence-corrected chi connectivity index (χ1v) is 5.81. The number of anilines is 1. The SMILES string of the molecule is Cc1cc(Br)c(F)cc1NCC(O)CCl. The van der Waals surface area contributed by atoms with Crippen LogP contribution in [0.25, 0.3) is 0 Å². The molecule has 5 heteroatoms. The lowest BCUT2D eigenvalue weighted by Gasteiger charge is -2.12. The monoisotopic (exact) mass is 295 g/mol. The van der Waals surface area contributed by atoms with Crippen LogP contribution in [0.3, 0.4) is 0 Å². The Bertz CT molecular complexity index is 348. The van der Waals surface area contributed by atoms with Gasteiger partial charge in [0.15, 0.2) is 0 Å². The van der Waals surface area contributed by atoms with Gasteiger partial charge in [-0.2, -0.15) is 0 Å². The maximum atomic E-state index is 13.2. The molecule has 84 valence electrons. The van der Waals surface area contributed by atoms with E-state index < -0.39 is 6.10 Å². The van der Waals surface area contributed by atoms with Crippen LogP contribution < -0.4 is 5.32 Å². The van der Waals surface area contributed by atoms with Gasteiger partial charge in [0.2, 0.25) is 0 Å². The number of nitrogens with one attached hydrogen (secondary N) is 1. The average Bonchev–Trinajstić information content (AvgIpc) is 2.21. The van der Waals surface area contributed by atoms with Gasteiger partial charge in [-0.3, -0.25) is 0 Å². The van der Waals surface area contributed by atoms with Crippen molar-refractivity contribution in [2.45, 2.75) is 13.0 Å². The molecular formula is C10H12BrClFNO. The van der Waals surface area contributed by atoms with Crippen molar-refractivity contribution >= 4 is 33.2 Å². The summed E-state index contributed by atoms with van der Waals surface area (Å²) >= 11 is 8.54. The van der Waals surface area contributed by atoms with E-state index >= 15 is 0 Å². The minimum atomic E-state index is -0.627. The second-order valence-corrected chi connectivity index (χ2v) is 4.43. The van der Waals surface area contributed by atoms with Crippen molar-refractivity contribution in [1.82, 2.24) is 0 Å². The summed E-state index contributed by atoms with van der Waals surface area (Å²) in [6.45, 7) is 2.17. The molecule has 1 rings (SSSR count). The van der Waals surface area contributed by atoms with Crippen molar-refractivity contribution in [1.29, 1.82) is 0 Å². The average molecular weight is 297 g/mol. The number of aliphatic hydroxyl groups is 1. The molecule has 0 heterocycles. The highest BCUT2D eigenvalue weighted by atomic mass is 79.9. The Morgan fingerprint density at radius 3 is 2.87 bits per heavy atom. The highest BCUT2D eigenvalue weighted by Crippen LogP contribution is 2.23. The number of aliphatic hydroxyl groups excluding tert-OH is 1. The highest BCUT2D eigenvalue weighted by molar-refractivity contribution is 9.10. The molecule has 2 N–H and O–H groups in total. The van der Waals surface area contributed by atoms with Crippen LogP contribution in [0.2, 0.25) is 0 Å². The van der Waals surface area contributed by atoms with E-state index in [9.17, 15) is 9.50 Å². The van der Waals surface area contributed by atoms with Crippen molar-refractivity contribution in [3.63, 3.8) is 0 Å². The number of benzene rings is 1.